The van der Waals surface area contributed by atoms with Gasteiger partial charge in [0.15, 0.2) is 0 Å². The maximum atomic E-state index is 11.3. The molecule has 0 amide bonds. The molecule has 0 rings (SSSR count). The predicted octanol–water partition coefficient (Wildman–Crippen LogP) is 2.94. The number of hydrogen-bond acceptors (Lipinski definition) is 4. The first kappa shape index (κ1) is 30.7. The van der Waals surface area contributed by atoms with Crippen molar-refractivity contribution in [2.75, 3.05) is 0 Å². The van der Waals surface area contributed by atoms with Crippen LogP contribution < -0.4 is 51.4 Å². The Morgan fingerprint density at radius 1 is 0.667 bits per heavy atom. The minimum absolute atomic E-state index is 0. The Morgan fingerprint density at radius 3 is 1.56 bits per heavy atom. The molecule has 0 spiro atoms. The van der Waals surface area contributed by atoms with E-state index in [4.69, 9.17) is 0 Å². The summed E-state index contributed by atoms with van der Waals surface area (Å²) >= 11 is 0. The molecule has 6 heteroatoms. The number of hydrogen-bond donors (Lipinski definition) is 1. The van der Waals surface area contributed by atoms with E-state index in [2.05, 4.69) is 13.8 Å². The summed E-state index contributed by atoms with van der Waals surface area (Å²) in [7, 11) is -4.25. The van der Waals surface area contributed by atoms with Gasteiger partial charge in [-0.3, -0.25) is 0 Å². The second-order valence-electron chi connectivity index (χ2n) is 7.81. The van der Waals surface area contributed by atoms with E-state index >= 15 is 0 Å². The summed E-state index contributed by atoms with van der Waals surface area (Å²) in [5.74, 6) is 0. The summed E-state index contributed by atoms with van der Waals surface area (Å²) in [5, 5.41) is 9.24. The topological polar surface area (TPSA) is 77.4 Å². The summed E-state index contributed by atoms with van der Waals surface area (Å²) in [6.07, 6.45) is 16.8. The Balaban J connectivity index is 0. The van der Waals surface area contributed by atoms with Gasteiger partial charge >= 0.3 is 51.4 Å². The first-order chi connectivity index (χ1) is 12.4. The van der Waals surface area contributed by atoms with Gasteiger partial charge in [-0.25, -0.2) is 8.42 Å². The van der Waals surface area contributed by atoms with Crippen molar-refractivity contribution in [3.63, 3.8) is 0 Å². The van der Waals surface area contributed by atoms with Gasteiger partial charge in [0.2, 0.25) is 0 Å². The first-order valence-corrected chi connectivity index (χ1v) is 12.5. The summed E-state index contributed by atoms with van der Waals surface area (Å²) in [5.41, 5.74) is 0. The van der Waals surface area contributed by atoms with Crippen LogP contribution in [0, 0.1) is 0 Å². The molecule has 0 aromatic heterocycles. The predicted molar refractivity (Wildman–Crippen MR) is 109 cm³/mol. The maximum Gasteiger partial charge on any atom is 1.00 e. The monoisotopic (exact) mass is 430 g/mol. The van der Waals surface area contributed by atoms with Crippen molar-refractivity contribution in [1.29, 1.82) is 0 Å². The second-order valence-corrected chi connectivity index (χ2v) is 9.46. The van der Waals surface area contributed by atoms with E-state index < -0.39 is 21.5 Å². The number of aliphatic hydroxyl groups is 1. The van der Waals surface area contributed by atoms with E-state index in [0.29, 0.717) is 19.3 Å². The molecule has 0 saturated heterocycles. The van der Waals surface area contributed by atoms with E-state index in [9.17, 15) is 18.1 Å². The van der Waals surface area contributed by atoms with E-state index in [0.717, 1.165) is 38.5 Å². The zero-order valence-corrected chi connectivity index (χ0v) is 22.2. The van der Waals surface area contributed by atoms with Gasteiger partial charge in [0.05, 0.1) is 16.2 Å². The van der Waals surface area contributed by atoms with Crippen molar-refractivity contribution >= 4 is 10.1 Å². The van der Waals surface area contributed by atoms with Gasteiger partial charge in [-0.2, -0.15) is 0 Å². The number of rotatable bonds is 19. The van der Waals surface area contributed by atoms with Gasteiger partial charge in [0.25, 0.3) is 0 Å². The third-order valence-electron chi connectivity index (χ3n) is 5.25. The van der Waals surface area contributed by atoms with Crippen molar-refractivity contribution < 1.29 is 69.5 Å². The molecular formula is C21H43KO4S. The summed E-state index contributed by atoms with van der Waals surface area (Å²) in [4.78, 5) is 0. The van der Waals surface area contributed by atoms with Crippen LogP contribution >= 0.6 is 0 Å². The number of aliphatic hydroxyl groups excluding tert-OH is 1. The van der Waals surface area contributed by atoms with Crippen molar-refractivity contribution in [3.8, 4) is 0 Å². The fourth-order valence-electron chi connectivity index (χ4n) is 3.45. The molecule has 0 aliphatic heterocycles. The molecule has 0 bridgehead atoms. The molecule has 4 nitrogen and oxygen atoms in total. The van der Waals surface area contributed by atoms with Crippen LogP contribution in [-0.2, 0) is 10.1 Å². The Labute approximate surface area is 211 Å². The molecule has 0 saturated carbocycles. The van der Waals surface area contributed by atoms with Crippen molar-refractivity contribution in [1.82, 2.24) is 0 Å². The van der Waals surface area contributed by atoms with E-state index in [1.54, 1.807) is 0 Å². The summed E-state index contributed by atoms with van der Waals surface area (Å²) < 4.78 is 34.0. The quantitative estimate of drug-likeness (QED) is 0.194. The average molecular weight is 431 g/mol. The Hall–Kier alpha value is 1.51. The molecule has 0 aromatic rings. The third kappa shape index (κ3) is 20.6. The van der Waals surface area contributed by atoms with E-state index in [1.165, 1.54) is 51.4 Å². The standard InChI is InChI=1S/C21H44O4S.K/c1-3-5-7-8-9-10-11-12-13-15-16-20(22)18-19-21(26(23,24)25)17-14-6-4-2;/h20-22H,3-19H2,1-2H3,(H,23,24,25);/q;+1/p-1. The maximum absolute atomic E-state index is 11.3. The van der Waals surface area contributed by atoms with E-state index in [-0.39, 0.29) is 51.4 Å². The van der Waals surface area contributed by atoms with Gasteiger partial charge in [-0.1, -0.05) is 97.3 Å². The zero-order chi connectivity index (χ0) is 19.7. The fraction of sp³-hybridized carbons (Fsp3) is 1.00. The molecule has 0 aromatic carbocycles. The SMILES string of the molecule is CCCCCCCCCCCCC(O)CCC(CCCCC)S(=O)(=O)[O-].[K+]. The molecule has 1 N–H and O–H groups in total. The molecule has 2 unspecified atom stereocenters. The van der Waals surface area contributed by atoms with Crippen LogP contribution in [-0.4, -0.2) is 29.4 Å². The molecule has 0 aliphatic carbocycles. The summed E-state index contributed by atoms with van der Waals surface area (Å²) in [6, 6.07) is 0. The Kier molecular flexibility index (Phi) is 23.6. The average Bonchev–Trinajstić information content (AvgIpc) is 2.58. The third-order valence-corrected chi connectivity index (χ3v) is 6.54. The number of unbranched alkanes of at least 4 members (excludes halogenated alkanes) is 11. The summed E-state index contributed by atoms with van der Waals surface area (Å²) in [6.45, 7) is 4.29. The van der Waals surface area contributed by atoms with Gasteiger partial charge in [-0.15, -0.1) is 0 Å². The van der Waals surface area contributed by atoms with Crippen LogP contribution in [0.15, 0.2) is 0 Å². The molecule has 27 heavy (non-hydrogen) atoms. The van der Waals surface area contributed by atoms with Crippen LogP contribution in [0.3, 0.4) is 0 Å². The molecule has 0 fully saturated rings. The molecule has 0 aliphatic rings. The van der Waals surface area contributed by atoms with Gasteiger partial charge < -0.3 is 9.66 Å². The minimum Gasteiger partial charge on any atom is -0.748 e. The second kappa shape index (κ2) is 20.8. The molecule has 0 radical (unpaired) electrons. The fourth-order valence-corrected chi connectivity index (χ4v) is 4.33. The van der Waals surface area contributed by atoms with Crippen LogP contribution in [0.4, 0.5) is 0 Å². The largest absolute Gasteiger partial charge is 1.00 e. The van der Waals surface area contributed by atoms with Gasteiger partial charge in [0, 0.05) is 5.25 Å². The normalized spacial score (nSPS) is 13.9. The van der Waals surface area contributed by atoms with Gasteiger partial charge in [-0.05, 0) is 25.7 Å². The first-order valence-electron chi connectivity index (χ1n) is 11.0. The van der Waals surface area contributed by atoms with Crippen molar-refractivity contribution in [2.45, 2.75) is 134 Å². The van der Waals surface area contributed by atoms with Crippen LogP contribution in [0.1, 0.15) is 123 Å². The van der Waals surface area contributed by atoms with Crippen LogP contribution in [0.5, 0.6) is 0 Å². The van der Waals surface area contributed by atoms with Crippen LogP contribution in [0.25, 0.3) is 0 Å². The smallest absolute Gasteiger partial charge is 0.748 e. The van der Waals surface area contributed by atoms with Crippen molar-refractivity contribution in [3.05, 3.63) is 0 Å². The Morgan fingerprint density at radius 2 is 1.07 bits per heavy atom. The molecule has 0 heterocycles. The zero-order valence-electron chi connectivity index (χ0n) is 18.3. The minimum atomic E-state index is -4.25. The molecular weight excluding hydrogens is 387 g/mol. The van der Waals surface area contributed by atoms with Crippen molar-refractivity contribution in [2.24, 2.45) is 0 Å². The van der Waals surface area contributed by atoms with Crippen LogP contribution in [0.2, 0.25) is 0 Å². The van der Waals surface area contributed by atoms with E-state index in [1.807, 2.05) is 0 Å². The molecule has 2 atom stereocenters. The van der Waals surface area contributed by atoms with Gasteiger partial charge in [0.1, 0.15) is 0 Å². The Bertz CT molecular complexity index is 401. The molecule has 158 valence electrons.